The number of rotatable bonds is 4. The Labute approximate surface area is 290 Å². The third kappa shape index (κ3) is 4.25. The number of fused-ring (bicyclic) bond motifs is 4. The molecule has 1 saturated carbocycles. The van der Waals surface area contributed by atoms with Crippen molar-refractivity contribution in [1.82, 2.24) is 0 Å². The van der Waals surface area contributed by atoms with Gasteiger partial charge in [0, 0.05) is 21.0 Å². The third-order valence-corrected chi connectivity index (χ3v) is 11.6. The van der Waals surface area contributed by atoms with Crippen molar-refractivity contribution in [2.24, 2.45) is 23.7 Å². The summed E-state index contributed by atoms with van der Waals surface area (Å²) in [4.78, 5) is 60.9. The Morgan fingerprint density at radius 3 is 2.25 bits per heavy atom. The second-order valence-electron chi connectivity index (χ2n) is 13.1. The van der Waals surface area contributed by atoms with E-state index in [1.54, 1.807) is 67.6 Å². The maximum Gasteiger partial charge on any atom is 0.246 e. The quantitative estimate of drug-likeness (QED) is 0.174. The van der Waals surface area contributed by atoms with E-state index in [1.165, 1.54) is 9.80 Å². The SMILES string of the molecule is Cc1cccc([C@H]2C3=CC[C@@H]4C(=O)N(c5ccc(Br)cc5)C(=O)[C@@H]4[C@@H]3C[C@H]3C(=O)N(c4cccc(Cl)c4)C(=O)[C@@]23c2ccccc2)c1O. The minimum atomic E-state index is -1.45. The summed E-state index contributed by atoms with van der Waals surface area (Å²) in [6.45, 7) is 1.80. The first-order chi connectivity index (χ1) is 23.1. The summed E-state index contributed by atoms with van der Waals surface area (Å²) in [7, 11) is 0. The molecule has 0 radical (unpaired) electrons. The van der Waals surface area contributed by atoms with Gasteiger partial charge in [-0.25, -0.2) is 4.90 Å². The number of carbonyl (C=O) groups excluding carboxylic acids is 4. The van der Waals surface area contributed by atoms with E-state index in [4.69, 9.17) is 11.6 Å². The predicted molar refractivity (Wildman–Crippen MR) is 186 cm³/mol. The minimum absolute atomic E-state index is 0.0343. The van der Waals surface area contributed by atoms with Crippen molar-refractivity contribution in [1.29, 1.82) is 0 Å². The lowest BCUT2D eigenvalue weighted by Crippen LogP contribution is -2.53. The molecule has 48 heavy (non-hydrogen) atoms. The van der Waals surface area contributed by atoms with Crippen LogP contribution in [0, 0.1) is 30.6 Å². The number of phenolic OH excluding ortho intramolecular Hbond substituents is 1. The minimum Gasteiger partial charge on any atom is -0.507 e. The number of anilines is 2. The second-order valence-corrected chi connectivity index (χ2v) is 14.4. The monoisotopic (exact) mass is 720 g/mol. The zero-order chi connectivity index (χ0) is 33.5. The summed E-state index contributed by atoms with van der Waals surface area (Å²) in [6, 6.07) is 28.5. The maximum atomic E-state index is 15.3. The van der Waals surface area contributed by atoms with Crippen molar-refractivity contribution in [2.75, 3.05) is 9.80 Å². The molecule has 1 N–H and O–H groups in total. The fraction of sp³-hybridized carbons (Fsp3) is 0.231. The van der Waals surface area contributed by atoms with Gasteiger partial charge in [0.05, 0.1) is 34.5 Å². The number of aromatic hydroxyl groups is 1. The van der Waals surface area contributed by atoms with Crippen LogP contribution in [-0.4, -0.2) is 28.7 Å². The first kappa shape index (κ1) is 30.8. The van der Waals surface area contributed by atoms with Gasteiger partial charge in [0.15, 0.2) is 0 Å². The topological polar surface area (TPSA) is 95.0 Å². The standard InChI is InChI=1S/C39H30BrClN2O5/c1-21-7-5-12-29(34(21)44)33-27-17-18-28-32(37(47)42(35(28)45)25-15-13-23(40)14-16-25)30(27)20-31-36(46)43(26-11-6-10-24(41)19-26)38(48)39(31,33)22-8-3-2-4-9-22/h2-17,19,28,30-33,44H,18,20H2,1H3/t28-,30+,31-,32-,33+,39+/m0/s1. The molecule has 9 heteroatoms. The molecular weight excluding hydrogens is 692 g/mol. The van der Waals surface area contributed by atoms with E-state index in [9.17, 15) is 19.5 Å². The Kier molecular flexibility index (Phi) is 7.23. The van der Waals surface area contributed by atoms with Gasteiger partial charge in [0.25, 0.3) is 0 Å². The van der Waals surface area contributed by atoms with Crippen LogP contribution in [0.3, 0.4) is 0 Å². The van der Waals surface area contributed by atoms with E-state index in [2.05, 4.69) is 15.9 Å². The fourth-order valence-electron chi connectivity index (χ4n) is 8.85. The molecule has 6 atom stereocenters. The molecule has 4 aromatic rings. The van der Waals surface area contributed by atoms with Crippen molar-refractivity contribution >= 4 is 62.5 Å². The van der Waals surface area contributed by atoms with E-state index in [0.717, 1.165) is 10.0 Å². The number of aryl methyl sites for hydroxylation is 1. The van der Waals surface area contributed by atoms with Crippen LogP contribution in [-0.2, 0) is 24.6 Å². The number of halogens is 2. The molecule has 0 aromatic heterocycles. The first-order valence-electron chi connectivity index (χ1n) is 16.0. The third-order valence-electron chi connectivity index (χ3n) is 10.8. The predicted octanol–water partition coefficient (Wildman–Crippen LogP) is 7.48. The maximum absolute atomic E-state index is 15.3. The molecule has 4 aromatic carbocycles. The molecular formula is C39H30BrClN2O5. The molecule has 0 bridgehead atoms. The van der Waals surface area contributed by atoms with Gasteiger partial charge in [-0.2, -0.15) is 0 Å². The molecule has 0 unspecified atom stereocenters. The summed E-state index contributed by atoms with van der Waals surface area (Å²) in [5, 5.41) is 12.1. The van der Waals surface area contributed by atoms with Crippen LogP contribution in [0.4, 0.5) is 11.4 Å². The van der Waals surface area contributed by atoms with Gasteiger partial charge in [-0.3, -0.25) is 24.1 Å². The lowest BCUT2D eigenvalue weighted by Gasteiger charge is -2.50. The van der Waals surface area contributed by atoms with Gasteiger partial charge in [0.1, 0.15) is 5.75 Å². The molecule has 0 spiro atoms. The summed E-state index contributed by atoms with van der Waals surface area (Å²) in [6.07, 6.45) is 2.47. The van der Waals surface area contributed by atoms with E-state index in [0.29, 0.717) is 39.5 Å². The summed E-state index contributed by atoms with van der Waals surface area (Å²) >= 11 is 9.81. The molecule has 3 fully saturated rings. The van der Waals surface area contributed by atoms with Crippen LogP contribution in [0.15, 0.2) is 113 Å². The van der Waals surface area contributed by atoms with E-state index in [1.807, 2.05) is 42.5 Å². The van der Waals surface area contributed by atoms with E-state index >= 15 is 4.79 Å². The summed E-state index contributed by atoms with van der Waals surface area (Å²) < 4.78 is 0.825. The Morgan fingerprint density at radius 2 is 1.52 bits per heavy atom. The van der Waals surface area contributed by atoms with Crippen molar-refractivity contribution < 1.29 is 24.3 Å². The largest absolute Gasteiger partial charge is 0.507 e. The lowest BCUT2D eigenvalue weighted by atomic mass is 9.49. The van der Waals surface area contributed by atoms with Gasteiger partial charge in [-0.05, 0) is 79.3 Å². The molecule has 2 aliphatic carbocycles. The van der Waals surface area contributed by atoms with Crippen LogP contribution >= 0.6 is 27.5 Å². The highest BCUT2D eigenvalue weighted by molar-refractivity contribution is 9.10. The van der Waals surface area contributed by atoms with E-state index < -0.39 is 46.8 Å². The van der Waals surface area contributed by atoms with Crippen LogP contribution in [0.25, 0.3) is 0 Å². The number of amides is 4. The highest BCUT2D eigenvalue weighted by Crippen LogP contribution is 2.65. The Morgan fingerprint density at radius 1 is 0.792 bits per heavy atom. The number of hydrogen-bond acceptors (Lipinski definition) is 5. The number of benzene rings is 4. The highest BCUT2D eigenvalue weighted by Gasteiger charge is 2.70. The van der Waals surface area contributed by atoms with Gasteiger partial charge in [0.2, 0.25) is 23.6 Å². The summed E-state index contributed by atoms with van der Waals surface area (Å²) in [5.41, 5.74) is 1.98. The van der Waals surface area contributed by atoms with Crippen LogP contribution in [0.2, 0.25) is 5.02 Å². The highest BCUT2D eigenvalue weighted by atomic mass is 79.9. The van der Waals surface area contributed by atoms with Crippen LogP contribution < -0.4 is 9.80 Å². The first-order valence-corrected chi connectivity index (χ1v) is 17.1. The smallest absolute Gasteiger partial charge is 0.246 e. The van der Waals surface area contributed by atoms with E-state index in [-0.39, 0.29) is 24.0 Å². The second kappa shape index (κ2) is 11.3. The summed E-state index contributed by atoms with van der Waals surface area (Å²) in [5.74, 6) is -4.92. The lowest BCUT2D eigenvalue weighted by molar-refractivity contribution is -0.127. The Hall–Kier alpha value is -4.53. The molecule has 2 saturated heterocycles. The molecule has 4 amide bonds. The molecule has 4 aliphatic rings. The number of nitrogens with zero attached hydrogens (tertiary/aromatic N) is 2. The number of phenols is 1. The van der Waals surface area contributed by atoms with Gasteiger partial charge >= 0.3 is 0 Å². The van der Waals surface area contributed by atoms with Gasteiger partial charge in [-0.15, -0.1) is 0 Å². The number of para-hydroxylation sites is 1. The number of allylic oxidation sites excluding steroid dienone is 2. The van der Waals surface area contributed by atoms with Crippen LogP contribution in [0.1, 0.15) is 35.4 Å². The average Bonchev–Trinajstić information content (AvgIpc) is 3.47. The average molecular weight is 722 g/mol. The molecule has 240 valence electrons. The van der Waals surface area contributed by atoms with Gasteiger partial charge in [-0.1, -0.05) is 93.8 Å². The molecule has 2 heterocycles. The Bertz CT molecular complexity index is 2060. The normalized spacial score (nSPS) is 27.9. The van der Waals surface area contributed by atoms with Gasteiger partial charge < -0.3 is 5.11 Å². The number of imide groups is 2. The zero-order valence-electron chi connectivity index (χ0n) is 25.8. The number of hydrogen-bond donors (Lipinski definition) is 1. The molecule has 8 rings (SSSR count). The molecule has 2 aliphatic heterocycles. The zero-order valence-corrected chi connectivity index (χ0v) is 28.2. The van der Waals surface area contributed by atoms with Crippen molar-refractivity contribution in [3.8, 4) is 5.75 Å². The van der Waals surface area contributed by atoms with Crippen molar-refractivity contribution in [3.05, 3.63) is 135 Å². The molecule has 7 nitrogen and oxygen atoms in total. The number of carbonyl (C=O) groups is 4. The fourth-order valence-corrected chi connectivity index (χ4v) is 9.30. The van der Waals surface area contributed by atoms with Crippen molar-refractivity contribution in [2.45, 2.75) is 31.1 Å². The van der Waals surface area contributed by atoms with Crippen LogP contribution in [0.5, 0.6) is 5.75 Å². The Balaban J connectivity index is 1.36. The van der Waals surface area contributed by atoms with Crippen molar-refractivity contribution in [3.63, 3.8) is 0 Å².